The first-order valence-corrected chi connectivity index (χ1v) is 8.93. The van der Waals surface area contributed by atoms with Crippen LogP contribution in [0.1, 0.15) is 45.4 Å². The third kappa shape index (κ3) is 2.34. The predicted octanol–water partition coefficient (Wildman–Crippen LogP) is 3.07. The molecule has 3 atom stereocenters. The van der Waals surface area contributed by atoms with Gasteiger partial charge in [0.15, 0.2) is 0 Å². The first-order valence-electron chi connectivity index (χ1n) is 7.78. The number of nitrogens with one attached hydrogen (secondary N) is 1. The summed E-state index contributed by atoms with van der Waals surface area (Å²) in [6.45, 7) is 4.27. The van der Waals surface area contributed by atoms with Crippen LogP contribution in [0.25, 0.3) is 0 Å². The lowest BCUT2D eigenvalue weighted by atomic mass is 9.60. The average molecular weight is 269 g/mol. The third-order valence-electron chi connectivity index (χ3n) is 5.36. The maximum Gasteiger partial charge on any atom is 0.0661 e. The van der Waals surface area contributed by atoms with Crippen LogP contribution in [0.15, 0.2) is 0 Å². The van der Waals surface area contributed by atoms with Gasteiger partial charge < -0.3 is 10.1 Å². The van der Waals surface area contributed by atoms with Gasteiger partial charge >= 0.3 is 0 Å². The Kier molecular flexibility index (Phi) is 4.21. The zero-order valence-electron chi connectivity index (χ0n) is 11.6. The lowest BCUT2D eigenvalue weighted by Crippen LogP contribution is -2.63. The fourth-order valence-corrected chi connectivity index (χ4v) is 5.51. The smallest absolute Gasteiger partial charge is 0.0661 e. The predicted molar refractivity (Wildman–Crippen MR) is 78.2 cm³/mol. The van der Waals surface area contributed by atoms with Crippen LogP contribution in [0.4, 0.5) is 0 Å². The first-order chi connectivity index (χ1) is 8.85. The second-order valence-electron chi connectivity index (χ2n) is 6.31. The number of rotatable bonds is 5. The molecule has 18 heavy (non-hydrogen) atoms. The van der Waals surface area contributed by atoms with Gasteiger partial charge in [0.05, 0.1) is 6.10 Å². The van der Waals surface area contributed by atoms with Crippen LogP contribution >= 0.6 is 11.8 Å². The Labute approximate surface area is 116 Å². The van der Waals surface area contributed by atoms with Crippen LogP contribution in [0, 0.1) is 11.3 Å². The molecule has 0 aromatic carbocycles. The van der Waals surface area contributed by atoms with Crippen molar-refractivity contribution in [2.45, 2.75) is 57.6 Å². The molecule has 2 saturated carbocycles. The van der Waals surface area contributed by atoms with Crippen molar-refractivity contribution in [3.8, 4) is 0 Å². The van der Waals surface area contributed by atoms with Crippen LogP contribution in [0.3, 0.4) is 0 Å². The van der Waals surface area contributed by atoms with Crippen molar-refractivity contribution in [1.82, 2.24) is 5.32 Å². The van der Waals surface area contributed by atoms with Gasteiger partial charge in [-0.1, -0.05) is 12.8 Å². The number of hydrogen-bond acceptors (Lipinski definition) is 3. The van der Waals surface area contributed by atoms with Gasteiger partial charge in [0.25, 0.3) is 0 Å². The van der Waals surface area contributed by atoms with E-state index in [1.807, 2.05) is 0 Å². The maximum absolute atomic E-state index is 5.97. The molecule has 104 valence electrons. The van der Waals surface area contributed by atoms with E-state index in [2.05, 4.69) is 24.0 Å². The van der Waals surface area contributed by atoms with E-state index < -0.39 is 0 Å². The van der Waals surface area contributed by atoms with E-state index >= 15 is 0 Å². The van der Waals surface area contributed by atoms with Crippen molar-refractivity contribution in [3.05, 3.63) is 0 Å². The lowest BCUT2D eigenvalue weighted by Gasteiger charge is -2.54. The standard InChI is InChI=1S/C15H27NOS/c1-2-17-14-9-13(15(14)6-3-4-7-15)16-10-12-5-8-18-11-12/h12-14,16H,2-11H2,1H3. The highest BCUT2D eigenvalue weighted by atomic mass is 32.2. The zero-order chi connectivity index (χ0) is 12.4. The number of thioether (sulfide) groups is 1. The minimum atomic E-state index is 0.516. The van der Waals surface area contributed by atoms with Gasteiger partial charge in [-0.05, 0) is 56.6 Å². The minimum absolute atomic E-state index is 0.516. The summed E-state index contributed by atoms with van der Waals surface area (Å²) in [6.07, 6.45) is 8.87. The van der Waals surface area contributed by atoms with E-state index in [0.717, 1.165) is 18.6 Å². The van der Waals surface area contributed by atoms with Crippen molar-refractivity contribution in [2.24, 2.45) is 11.3 Å². The van der Waals surface area contributed by atoms with Crippen molar-refractivity contribution in [3.63, 3.8) is 0 Å². The van der Waals surface area contributed by atoms with Crippen LogP contribution in [-0.4, -0.2) is 36.8 Å². The Morgan fingerprint density at radius 3 is 2.83 bits per heavy atom. The largest absolute Gasteiger partial charge is 0.378 e. The molecule has 1 saturated heterocycles. The summed E-state index contributed by atoms with van der Waals surface area (Å²) in [4.78, 5) is 0. The number of ether oxygens (including phenoxy) is 1. The van der Waals surface area contributed by atoms with Crippen LogP contribution in [-0.2, 0) is 4.74 Å². The summed E-state index contributed by atoms with van der Waals surface area (Å²) in [6, 6.07) is 0.752. The molecule has 3 aliphatic rings. The fraction of sp³-hybridized carbons (Fsp3) is 1.00. The molecule has 0 aromatic heterocycles. The van der Waals surface area contributed by atoms with Crippen molar-refractivity contribution >= 4 is 11.8 Å². The van der Waals surface area contributed by atoms with Gasteiger partial charge in [0.1, 0.15) is 0 Å². The van der Waals surface area contributed by atoms with Crippen LogP contribution < -0.4 is 5.32 Å². The van der Waals surface area contributed by atoms with Gasteiger partial charge in [-0.25, -0.2) is 0 Å². The highest BCUT2D eigenvalue weighted by Crippen LogP contribution is 2.54. The molecule has 0 aromatic rings. The van der Waals surface area contributed by atoms with E-state index in [0.29, 0.717) is 11.5 Å². The van der Waals surface area contributed by atoms with E-state index in [1.54, 1.807) is 0 Å². The van der Waals surface area contributed by atoms with E-state index in [1.165, 1.54) is 56.6 Å². The zero-order valence-corrected chi connectivity index (χ0v) is 12.4. The Morgan fingerprint density at radius 2 is 2.17 bits per heavy atom. The lowest BCUT2D eigenvalue weighted by molar-refractivity contribution is -0.130. The van der Waals surface area contributed by atoms with Crippen LogP contribution in [0.2, 0.25) is 0 Å². The Balaban J connectivity index is 1.52. The quantitative estimate of drug-likeness (QED) is 0.829. The van der Waals surface area contributed by atoms with E-state index in [4.69, 9.17) is 4.74 Å². The molecule has 3 fully saturated rings. The molecule has 2 nitrogen and oxygen atoms in total. The molecular weight excluding hydrogens is 242 g/mol. The molecule has 0 bridgehead atoms. The molecule has 1 aliphatic heterocycles. The molecule has 3 rings (SSSR count). The maximum atomic E-state index is 5.97. The highest BCUT2D eigenvalue weighted by Gasteiger charge is 2.56. The summed E-state index contributed by atoms with van der Waals surface area (Å²) in [5.41, 5.74) is 0.516. The normalized spacial score (nSPS) is 38.2. The van der Waals surface area contributed by atoms with Crippen molar-refractivity contribution in [1.29, 1.82) is 0 Å². The summed E-state index contributed by atoms with van der Waals surface area (Å²) in [7, 11) is 0. The van der Waals surface area contributed by atoms with E-state index in [-0.39, 0.29) is 0 Å². The van der Waals surface area contributed by atoms with E-state index in [9.17, 15) is 0 Å². The molecule has 1 N–H and O–H groups in total. The van der Waals surface area contributed by atoms with Gasteiger partial charge in [-0.2, -0.15) is 11.8 Å². The Bertz CT molecular complexity index is 272. The minimum Gasteiger partial charge on any atom is -0.378 e. The molecule has 1 heterocycles. The van der Waals surface area contributed by atoms with Crippen molar-refractivity contribution < 1.29 is 4.74 Å². The highest BCUT2D eigenvalue weighted by molar-refractivity contribution is 7.99. The Hall–Kier alpha value is 0.270. The van der Waals surface area contributed by atoms with Crippen LogP contribution in [0.5, 0.6) is 0 Å². The number of hydrogen-bond donors (Lipinski definition) is 1. The Morgan fingerprint density at radius 1 is 1.33 bits per heavy atom. The summed E-state index contributed by atoms with van der Waals surface area (Å²) >= 11 is 2.13. The van der Waals surface area contributed by atoms with Gasteiger partial charge in [0.2, 0.25) is 0 Å². The second-order valence-corrected chi connectivity index (χ2v) is 7.46. The molecular formula is C15H27NOS. The third-order valence-corrected chi connectivity index (χ3v) is 6.60. The topological polar surface area (TPSA) is 21.3 Å². The SMILES string of the molecule is CCOC1CC(NCC2CCSC2)C12CCCC2. The molecule has 3 unspecified atom stereocenters. The average Bonchev–Trinajstić information content (AvgIpc) is 3.03. The monoisotopic (exact) mass is 269 g/mol. The second kappa shape index (κ2) is 5.72. The fourth-order valence-electron chi connectivity index (χ4n) is 4.23. The molecule has 0 radical (unpaired) electrons. The first kappa shape index (κ1) is 13.3. The summed E-state index contributed by atoms with van der Waals surface area (Å²) < 4.78 is 5.97. The summed E-state index contributed by atoms with van der Waals surface area (Å²) in [5.74, 6) is 3.69. The summed E-state index contributed by atoms with van der Waals surface area (Å²) in [5, 5.41) is 3.89. The van der Waals surface area contributed by atoms with Gasteiger partial charge in [0, 0.05) is 18.1 Å². The molecule has 2 aliphatic carbocycles. The molecule has 3 heteroatoms. The van der Waals surface area contributed by atoms with Crippen molar-refractivity contribution in [2.75, 3.05) is 24.7 Å². The molecule has 0 amide bonds. The van der Waals surface area contributed by atoms with Gasteiger partial charge in [-0.3, -0.25) is 0 Å². The molecule has 1 spiro atoms. The van der Waals surface area contributed by atoms with Gasteiger partial charge in [-0.15, -0.1) is 0 Å².